The van der Waals surface area contributed by atoms with Crippen LogP contribution in [0.2, 0.25) is 5.02 Å². The van der Waals surface area contributed by atoms with Crippen molar-refractivity contribution in [3.8, 4) is 0 Å². The molecule has 1 unspecified atom stereocenters. The zero-order valence-corrected chi connectivity index (χ0v) is 9.28. The average molecular weight is 217 g/mol. The lowest BCUT2D eigenvalue weighted by Gasteiger charge is -2.12. The van der Waals surface area contributed by atoms with Gasteiger partial charge in [0.2, 0.25) is 0 Å². The Labute approximate surface area is 89.9 Å². The normalized spacial score (nSPS) is 12.8. The van der Waals surface area contributed by atoms with E-state index in [4.69, 9.17) is 23.2 Å². The zero-order chi connectivity index (χ0) is 9.68. The molecule has 0 fully saturated rings. The highest BCUT2D eigenvalue weighted by atomic mass is 35.5. The minimum absolute atomic E-state index is 0.449. The standard InChI is InChI=1S/C11H14Cl2/c1-2-4-10(8-12)9-5-3-6-11(13)7-9/h3,5-7,10H,2,4,8H2,1H3. The largest absolute Gasteiger partial charge is 0.126 e. The predicted octanol–water partition coefficient (Wildman–Crippen LogP) is 4.46. The molecule has 1 aromatic rings. The van der Waals surface area contributed by atoms with Gasteiger partial charge in [-0.25, -0.2) is 0 Å². The zero-order valence-electron chi connectivity index (χ0n) is 7.76. The number of halogens is 2. The molecule has 0 bridgehead atoms. The van der Waals surface area contributed by atoms with Gasteiger partial charge in [-0.05, 0) is 30.0 Å². The first-order chi connectivity index (χ1) is 6.27. The fraction of sp³-hybridized carbons (Fsp3) is 0.455. The lowest BCUT2D eigenvalue weighted by molar-refractivity contribution is 0.670. The van der Waals surface area contributed by atoms with Gasteiger partial charge in [0.15, 0.2) is 0 Å². The topological polar surface area (TPSA) is 0 Å². The summed E-state index contributed by atoms with van der Waals surface area (Å²) in [5.41, 5.74) is 1.25. The molecule has 0 saturated heterocycles. The molecule has 0 aliphatic carbocycles. The lowest BCUT2D eigenvalue weighted by atomic mass is 9.97. The molecule has 0 aliphatic rings. The Bertz CT molecular complexity index is 258. The van der Waals surface area contributed by atoms with Gasteiger partial charge < -0.3 is 0 Å². The highest BCUT2D eigenvalue weighted by molar-refractivity contribution is 6.30. The van der Waals surface area contributed by atoms with E-state index in [1.807, 2.05) is 18.2 Å². The first kappa shape index (κ1) is 10.9. The fourth-order valence-electron chi connectivity index (χ4n) is 1.44. The van der Waals surface area contributed by atoms with Crippen LogP contribution in [0.15, 0.2) is 24.3 Å². The van der Waals surface area contributed by atoms with Crippen LogP contribution < -0.4 is 0 Å². The Morgan fingerprint density at radius 2 is 2.15 bits per heavy atom. The predicted molar refractivity (Wildman–Crippen MR) is 59.8 cm³/mol. The van der Waals surface area contributed by atoms with E-state index < -0.39 is 0 Å². The molecule has 0 N–H and O–H groups in total. The smallest absolute Gasteiger partial charge is 0.0408 e. The summed E-state index contributed by atoms with van der Waals surface area (Å²) in [6, 6.07) is 7.97. The van der Waals surface area contributed by atoms with Crippen LogP contribution in [0.1, 0.15) is 31.2 Å². The van der Waals surface area contributed by atoms with Crippen LogP contribution in [0.4, 0.5) is 0 Å². The quantitative estimate of drug-likeness (QED) is 0.653. The summed E-state index contributed by atoms with van der Waals surface area (Å²) in [6.45, 7) is 2.17. The summed E-state index contributed by atoms with van der Waals surface area (Å²) < 4.78 is 0. The Balaban J connectivity index is 2.78. The lowest BCUT2D eigenvalue weighted by Crippen LogP contribution is -1.99. The highest BCUT2D eigenvalue weighted by Gasteiger charge is 2.08. The van der Waals surface area contributed by atoms with Crippen molar-refractivity contribution >= 4 is 23.2 Å². The minimum Gasteiger partial charge on any atom is -0.126 e. The molecule has 0 spiro atoms. The number of hydrogen-bond donors (Lipinski definition) is 0. The van der Waals surface area contributed by atoms with Crippen LogP contribution in [-0.4, -0.2) is 5.88 Å². The second-order valence-corrected chi connectivity index (χ2v) is 3.94. The van der Waals surface area contributed by atoms with Crippen LogP contribution in [0.5, 0.6) is 0 Å². The number of benzene rings is 1. The van der Waals surface area contributed by atoms with E-state index in [1.165, 1.54) is 5.56 Å². The van der Waals surface area contributed by atoms with Crippen LogP contribution in [0.25, 0.3) is 0 Å². The molecule has 1 rings (SSSR count). The van der Waals surface area contributed by atoms with Crippen LogP contribution in [0, 0.1) is 0 Å². The molecule has 0 aliphatic heterocycles. The summed E-state index contributed by atoms with van der Waals surface area (Å²) in [6.07, 6.45) is 2.29. The van der Waals surface area contributed by atoms with Gasteiger partial charge >= 0.3 is 0 Å². The molecule has 2 heteroatoms. The van der Waals surface area contributed by atoms with Crippen molar-refractivity contribution in [1.82, 2.24) is 0 Å². The van der Waals surface area contributed by atoms with Crippen molar-refractivity contribution in [2.75, 3.05) is 5.88 Å². The van der Waals surface area contributed by atoms with E-state index in [9.17, 15) is 0 Å². The summed E-state index contributed by atoms with van der Waals surface area (Å²) in [7, 11) is 0. The monoisotopic (exact) mass is 216 g/mol. The van der Waals surface area contributed by atoms with Gasteiger partial charge in [0.25, 0.3) is 0 Å². The molecule has 0 amide bonds. The van der Waals surface area contributed by atoms with Gasteiger partial charge in [0.05, 0.1) is 0 Å². The van der Waals surface area contributed by atoms with E-state index in [-0.39, 0.29) is 0 Å². The Hall–Kier alpha value is -0.200. The van der Waals surface area contributed by atoms with Crippen molar-refractivity contribution in [3.63, 3.8) is 0 Å². The summed E-state index contributed by atoms with van der Waals surface area (Å²) in [5, 5.41) is 0.795. The van der Waals surface area contributed by atoms with E-state index in [2.05, 4.69) is 13.0 Å². The third-order valence-corrected chi connectivity index (χ3v) is 2.75. The first-order valence-corrected chi connectivity index (χ1v) is 5.50. The number of rotatable bonds is 4. The van der Waals surface area contributed by atoms with Crippen molar-refractivity contribution < 1.29 is 0 Å². The Kier molecular flexibility index (Phi) is 4.61. The van der Waals surface area contributed by atoms with Gasteiger partial charge in [-0.2, -0.15) is 0 Å². The Morgan fingerprint density at radius 1 is 1.38 bits per heavy atom. The average Bonchev–Trinajstić information content (AvgIpc) is 2.14. The first-order valence-electron chi connectivity index (χ1n) is 4.59. The molecule has 1 aromatic carbocycles. The molecule has 0 nitrogen and oxygen atoms in total. The summed E-state index contributed by atoms with van der Waals surface area (Å²) in [5.74, 6) is 1.12. The maximum Gasteiger partial charge on any atom is 0.0408 e. The highest BCUT2D eigenvalue weighted by Crippen LogP contribution is 2.24. The minimum atomic E-state index is 0.449. The van der Waals surface area contributed by atoms with Crippen molar-refractivity contribution in [2.45, 2.75) is 25.7 Å². The van der Waals surface area contributed by atoms with E-state index >= 15 is 0 Å². The third-order valence-electron chi connectivity index (χ3n) is 2.14. The van der Waals surface area contributed by atoms with Gasteiger partial charge in [0.1, 0.15) is 0 Å². The van der Waals surface area contributed by atoms with E-state index in [1.54, 1.807) is 0 Å². The van der Waals surface area contributed by atoms with Crippen LogP contribution >= 0.6 is 23.2 Å². The fourth-order valence-corrected chi connectivity index (χ4v) is 1.97. The van der Waals surface area contributed by atoms with Crippen molar-refractivity contribution in [1.29, 1.82) is 0 Å². The Morgan fingerprint density at radius 3 is 2.69 bits per heavy atom. The molecule has 0 radical (unpaired) electrons. The van der Waals surface area contributed by atoms with E-state index in [0.29, 0.717) is 11.8 Å². The van der Waals surface area contributed by atoms with Crippen molar-refractivity contribution in [3.05, 3.63) is 34.9 Å². The molecular weight excluding hydrogens is 203 g/mol. The summed E-state index contributed by atoms with van der Waals surface area (Å²) >= 11 is 11.8. The molecule has 0 saturated carbocycles. The third kappa shape index (κ3) is 3.21. The molecule has 1 atom stereocenters. The van der Waals surface area contributed by atoms with Gasteiger partial charge in [-0.15, -0.1) is 11.6 Å². The van der Waals surface area contributed by atoms with Crippen LogP contribution in [0.3, 0.4) is 0 Å². The maximum absolute atomic E-state index is 5.90. The second-order valence-electron chi connectivity index (χ2n) is 3.19. The van der Waals surface area contributed by atoms with E-state index in [0.717, 1.165) is 17.9 Å². The molecule has 0 aromatic heterocycles. The molecule has 13 heavy (non-hydrogen) atoms. The SMILES string of the molecule is CCCC(CCl)c1cccc(Cl)c1. The summed E-state index contributed by atoms with van der Waals surface area (Å²) in [4.78, 5) is 0. The van der Waals surface area contributed by atoms with Gasteiger partial charge in [-0.3, -0.25) is 0 Å². The molecule has 72 valence electrons. The second kappa shape index (κ2) is 5.51. The van der Waals surface area contributed by atoms with Gasteiger partial charge in [-0.1, -0.05) is 37.1 Å². The van der Waals surface area contributed by atoms with Crippen molar-refractivity contribution in [2.24, 2.45) is 0 Å². The number of hydrogen-bond acceptors (Lipinski definition) is 0. The molecule has 0 heterocycles. The van der Waals surface area contributed by atoms with Gasteiger partial charge in [0, 0.05) is 10.9 Å². The molecular formula is C11H14Cl2. The number of alkyl halides is 1. The van der Waals surface area contributed by atoms with Crippen LogP contribution in [-0.2, 0) is 0 Å². The maximum atomic E-state index is 5.90.